The molecular formula is C16H20N4O4S. The van der Waals surface area contributed by atoms with E-state index in [1.807, 2.05) is 31.4 Å². The molecule has 0 bridgehead atoms. The Hall–Kier alpha value is -2.55. The number of hydrogen-bond acceptors (Lipinski definition) is 6. The van der Waals surface area contributed by atoms with E-state index in [-0.39, 0.29) is 18.2 Å². The van der Waals surface area contributed by atoms with Crippen molar-refractivity contribution in [2.75, 3.05) is 0 Å². The van der Waals surface area contributed by atoms with Crippen molar-refractivity contribution in [2.45, 2.75) is 49.8 Å². The summed E-state index contributed by atoms with van der Waals surface area (Å²) in [6.07, 6.45) is -0.857. The maximum atomic E-state index is 11.0. The van der Waals surface area contributed by atoms with Crippen LogP contribution in [0.4, 0.5) is 10.5 Å². The Bertz CT molecular complexity index is 788. The molecule has 1 amide bonds. The van der Waals surface area contributed by atoms with Gasteiger partial charge in [-0.1, -0.05) is 31.7 Å². The van der Waals surface area contributed by atoms with E-state index in [4.69, 9.17) is 10.5 Å². The molecule has 9 heteroatoms. The first-order valence-corrected chi connectivity index (χ1v) is 8.59. The lowest BCUT2D eigenvalue weighted by molar-refractivity contribution is -0.385. The van der Waals surface area contributed by atoms with Gasteiger partial charge in [-0.25, -0.2) is 9.78 Å². The van der Waals surface area contributed by atoms with Crippen LogP contribution < -0.4 is 5.73 Å². The van der Waals surface area contributed by atoms with Crippen LogP contribution in [0.1, 0.15) is 38.2 Å². The number of hydrogen-bond donors (Lipinski definition) is 1. The van der Waals surface area contributed by atoms with Crippen LogP contribution in [0.5, 0.6) is 0 Å². The summed E-state index contributed by atoms with van der Waals surface area (Å²) in [7, 11) is 0. The number of amides is 1. The fourth-order valence-electron chi connectivity index (χ4n) is 2.33. The molecule has 0 aliphatic carbocycles. The van der Waals surface area contributed by atoms with Gasteiger partial charge in [-0.05, 0) is 18.9 Å². The average molecular weight is 364 g/mol. The van der Waals surface area contributed by atoms with Gasteiger partial charge in [0.1, 0.15) is 10.9 Å². The first kappa shape index (κ1) is 18.8. The maximum absolute atomic E-state index is 11.0. The van der Waals surface area contributed by atoms with E-state index in [1.165, 1.54) is 23.9 Å². The molecule has 0 fully saturated rings. The summed E-state index contributed by atoms with van der Waals surface area (Å²) in [6.45, 7) is 6.58. The van der Waals surface area contributed by atoms with E-state index in [2.05, 4.69) is 4.98 Å². The van der Waals surface area contributed by atoms with Crippen LogP contribution in [0.25, 0.3) is 0 Å². The van der Waals surface area contributed by atoms with Crippen LogP contribution in [0.15, 0.2) is 34.2 Å². The lowest BCUT2D eigenvalue weighted by atomic mass is 10.1. The van der Waals surface area contributed by atoms with Crippen molar-refractivity contribution in [1.29, 1.82) is 0 Å². The first-order valence-electron chi connectivity index (χ1n) is 7.77. The zero-order valence-corrected chi connectivity index (χ0v) is 15.1. The molecule has 0 unspecified atom stereocenters. The van der Waals surface area contributed by atoms with Gasteiger partial charge >= 0.3 is 6.09 Å². The predicted octanol–water partition coefficient (Wildman–Crippen LogP) is 3.68. The van der Waals surface area contributed by atoms with E-state index in [9.17, 15) is 14.9 Å². The lowest BCUT2D eigenvalue weighted by Crippen LogP contribution is -2.15. The number of aromatic nitrogens is 2. The number of benzene rings is 1. The van der Waals surface area contributed by atoms with E-state index in [1.54, 1.807) is 6.07 Å². The normalized spacial score (nSPS) is 10.9. The highest BCUT2D eigenvalue weighted by Gasteiger charge is 2.21. The Labute approximate surface area is 149 Å². The Morgan fingerprint density at radius 3 is 2.76 bits per heavy atom. The highest BCUT2D eigenvalue weighted by molar-refractivity contribution is 7.99. The summed E-state index contributed by atoms with van der Waals surface area (Å²) in [5.41, 5.74) is 5.92. The van der Waals surface area contributed by atoms with E-state index >= 15 is 0 Å². The molecule has 1 heterocycles. The van der Waals surface area contributed by atoms with Gasteiger partial charge in [0.05, 0.1) is 10.6 Å². The molecule has 8 nitrogen and oxygen atoms in total. The van der Waals surface area contributed by atoms with E-state index < -0.39 is 11.0 Å². The fourth-order valence-corrected chi connectivity index (χ4v) is 3.61. The Morgan fingerprint density at radius 2 is 2.20 bits per heavy atom. The van der Waals surface area contributed by atoms with Crippen molar-refractivity contribution in [3.63, 3.8) is 0 Å². The number of rotatable bonds is 7. The molecule has 0 aliphatic heterocycles. The third kappa shape index (κ3) is 4.50. The van der Waals surface area contributed by atoms with Crippen LogP contribution in [0, 0.1) is 10.1 Å². The van der Waals surface area contributed by atoms with Crippen LogP contribution in [-0.2, 0) is 17.9 Å². The number of nitrogens with two attached hydrogens (primary N) is 1. The van der Waals surface area contributed by atoms with Gasteiger partial charge in [-0.15, -0.1) is 0 Å². The number of ether oxygens (including phenoxy) is 1. The number of carbonyl (C=O) groups is 1. The Kier molecular flexibility index (Phi) is 6.02. The van der Waals surface area contributed by atoms with Gasteiger partial charge in [0, 0.05) is 23.6 Å². The molecule has 0 saturated heterocycles. The highest BCUT2D eigenvalue weighted by atomic mass is 32.2. The molecule has 2 aromatic rings. The van der Waals surface area contributed by atoms with Crippen molar-refractivity contribution >= 4 is 23.5 Å². The van der Waals surface area contributed by atoms with Crippen molar-refractivity contribution < 1.29 is 14.5 Å². The summed E-state index contributed by atoms with van der Waals surface area (Å²) in [4.78, 5) is 26.8. The molecule has 25 heavy (non-hydrogen) atoms. The van der Waals surface area contributed by atoms with Gasteiger partial charge in [-0.3, -0.25) is 10.1 Å². The largest absolute Gasteiger partial charge is 0.442 e. The van der Waals surface area contributed by atoms with Crippen LogP contribution in [0.2, 0.25) is 0 Å². The monoisotopic (exact) mass is 364 g/mol. The van der Waals surface area contributed by atoms with Gasteiger partial charge in [0.2, 0.25) is 0 Å². The minimum absolute atomic E-state index is 0.0155. The van der Waals surface area contributed by atoms with Crippen LogP contribution in [0.3, 0.4) is 0 Å². The van der Waals surface area contributed by atoms with Gasteiger partial charge in [0.15, 0.2) is 6.61 Å². The topological polar surface area (TPSA) is 113 Å². The standard InChI is InChI=1S/C16H20N4O4S/c1-4-19-13(9-24-16(17)21)18-14(10(2)3)15(19)25-12-7-5-6-11(8-12)20(22)23/h5-8,10H,4,9H2,1-3H3,(H2,17,21). The number of non-ortho nitro benzene ring substituents is 1. The highest BCUT2D eigenvalue weighted by Crippen LogP contribution is 2.36. The van der Waals surface area contributed by atoms with Crippen molar-refractivity contribution in [1.82, 2.24) is 9.55 Å². The summed E-state index contributed by atoms with van der Waals surface area (Å²) in [6, 6.07) is 6.45. The molecule has 1 aromatic carbocycles. The second kappa shape index (κ2) is 8.02. The number of nitro groups is 1. The van der Waals surface area contributed by atoms with Crippen LogP contribution in [-0.4, -0.2) is 20.6 Å². The molecule has 2 rings (SSSR count). The Morgan fingerprint density at radius 1 is 1.48 bits per heavy atom. The second-order valence-corrected chi connectivity index (χ2v) is 6.64. The first-order chi connectivity index (χ1) is 11.8. The number of primary amides is 1. The smallest absolute Gasteiger partial charge is 0.404 e. The molecule has 134 valence electrons. The number of nitrogens with zero attached hydrogens (tertiary/aromatic N) is 3. The molecule has 1 aromatic heterocycles. The number of imidazole rings is 1. The van der Waals surface area contributed by atoms with E-state index in [0.717, 1.165) is 15.6 Å². The SMILES string of the molecule is CCn1c(COC(N)=O)nc(C(C)C)c1Sc1cccc([N+](=O)[O-])c1. The molecule has 0 atom stereocenters. The van der Waals surface area contributed by atoms with Crippen LogP contribution >= 0.6 is 11.8 Å². The maximum Gasteiger partial charge on any atom is 0.404 e. The fraction of sp³-hybridized carbons (Fsp3) is 0.375. The summed E-state index contributed by atoms with van der Waals surface area (Å²) >= 11 is 1.40. The molecule has 2 N–H and O–H groups in total. The van der Waals surface area contributed by atoms with Crippen molar-refractivity contribution in [3.8, 4) is 0 Å². The third-order valence-corrected chi connectivity index (χ3v) is 4.59. The van der Waals surface area contributed by atoms with Gasteiger partial charge in [-0.2, -0.15) is 0 Å². The molecule has 0 aliphatic rings. The molecular weight excluding hydrogens is 344 g/mol. The number of nitro benzene ring substituents is 1. The molecule has 0 spiro atoms. The molecule has 0 saturated carbocycles. The summed E-state index contributed by atoms with van der Waals surface area (Å²) < 4.78 is 6.81. The Balaban J connectivity index is 2.42. The minimum Gasteiger partial charge on any atom is -0.442 e. The average Bonchev–Trinajstić information content (AvgIpc) is 2.90. The van der Waals surface area contributed by atoms with E-state index in [0.29, 0.717) is 12.4 Å². The second-order valence-electron chi connectivity index (χ2n) is 5.58. The zero-order chi connectivity index (χ0) is 18.6. The van der Waals surface area contributed by atoms with Crippen molar-refractivity contribution in [2.24, 2.45) is 5.73 Å². The quantitative estimate of drug-likeness (QED) is 0.592. The third-order valence-electron chi connectivity index (χ3n) is 3.47. The summed E-state index contributed by atoms with van der Waals surface area (Å²) in [5, 5.41) is 11.9. The minimum atomic E-state index is -0.857. The van der Waals surface area contributed by atoms with Gasteiger partial charge < -0.3 is 15.0 Å². The zero-order valence-electron chi connectivity index (χ0n) is 14.3. The van der Waals surface area contributed by atoms with Gasteiger partial charge in [0.25, 0.3) is 5.69 Å². The lowest BCUT2D eigenvalue weighted by Gasteiger charge is -2.11. The summed E-state index contributed by atoms with van der Waals surface area (Å²) in [5.74, 6) is 0.735. The molecule has 0 radical (unpaired) electrons. The van der Waals surface area contributed by atoms with Crippen molar-refractivity contribution in [3.05, 3.63) is 45.9 Å². The number of carbonyl (C=O) groups excluding carboxylic acids is 1. The predicted molar refractivity (Wildman–Crippen MR) is 93.6 cm³/mol.